The topological polar surface area (TPSA) is 84.4 Å². The van der Waals surface area contributed by atoms with Gasteiger partial charge in [-0.05, 0) is 25.8 Å². The molecular weight excluding hydrogens is 385 g/mol. The fraction of sp³-hybridized carbons (Fsp3) is 0.500. The maximum Gasteiger partial charge on any atom is 0.406 e. The lowest BCUT2D eigenvalue weighted by atomic mass is 10.2. The number of amides is 1. The summed E-state index contributed by atoms with van der Waals surface area (Å²) in [6, 6.07) is -0.814. The van der Waals surface area contributed by atoms with Gasteiger partial charge in [0.05, 0.1) is 12.5 Å². The number of anilines is 1. The van der Waals surface area contributed by atoms with Gasteiger partial charge in [0.1, 0.15) is 33.9 Å². The Morgan fingerprint density at radius 2 is 2.07 bits per heavy atom. The van der Waals surface area contributed by atoms with Crippen molar-refractivity contribution in [3.05, 3.63) is 16.3 Å². The Hall–Kier alpha value is -2.43. The van der Waals surface area contributed by atoms with Crippen LogP contribution < -0.4 is 5.32 Å². The van der Waals surface area contributed by atoms with Gasteiger partial charge < -0.3 is 15.0 Å². The first-order valence-corrected chi connectivity index (χ1v) is 8.90. The largest absolute Gasteiger partial charge is 0.465 e. The van der Waals surface area contributed by atoms with E-state index >= 15 is 0 Å². The zero-order chi connectivity index (χ0) is 19.9. The van der Waals surface area contributed by atoms with Crippen LogP contribution in [0.3, 0.4) is 0 Å². The molecule has 1 atom stereocenters. The number of aromatic nitrogens is 2. The molecule has 0 aromatic carbocycles. The molecule has 1 saturated heterocycles. The van der Waals surface area contributed by atoms with Crippen LogP contribution in [-0.2, 0) is 9.53 Å². The van der Waals surface area contributed by atoms with E-state index in [2.05, 4.69) is 15.3 Å². The average molecular weight is 402 g/mol. The smallest absolute Gasteiger partial charge is 0.406 e. The van der Waals surface area contributed by atoms with Crippen LogP contribution in [0.1, 0.15) is 27.5 Å². The first kappa shape index (κ1) is 19.3. The molecule has 1 aliphatic rings. The molecule has 27 heavy (non-hydrogen) atoms. The number of fused-ring (bicyclic) bond motifs is 1. The summed E-state index contributed by atoms with van der Waals surface area (Å²) < 4.78 is 42.5. The summed E-state index contributed by atoms with van der Waals surface area (Å²) in [5, 5.41) is 3.51. The van der Waals surface area contributed by atoms with Crippen molar-refractivity contribution in [1.29, 1.82) is 0 Å². The highest BCUT2D eigenvalue weighted by molar-refractivity contribution is 7.20. The zero-order valence-corrected chi connectivity index (χ0v) is 15.6. The molecular formula is C16H17F3N4O3S. The SMILES string of the molecule is COC(=O)c1sc2nc(C)nc(NC3CCN(CC(F)(F)F)C3=O)c2c1C. The molecule has 3 rings (SSSR count). The van der Waals surface area contributed by atoms with Crippen LogP contribution in [0.25, 0.3) is 10.2 Å². The number of methoxy groups -OCH3 is 1. The van der Waals surface area contributed by atoms with Crippen molar-refractivity contribution in [2.75, 3.05) is 25.5 Å². The molecule has 0 saturated carbocycles. The molecule has 1 unspecified atom stereocenters. The minimum atomic E-state index is -4.44. The number of nitrogens with zero attached hydrogens (tertiary/aromatic N) is 3. The zero-order valence-electron chi connectivity index (χ0n) is 14.8. The maximum absolute atomic E-state index is 12.6. The molecule has 1 fully saturated rings. The summed E-state index contributed by atoms with van der Waals surface area (Å²) in [6.45, 7) is 2.11. The highest BCUT2D eigenvalue weighted by Gasteiger charge is 2.39. The van der Waals surface area contributed by atoms with Gasteiger partial charge in [0.15, 0.2) is 0 Å². The number of carbonyl (C=O) groups is 2. The molecule has 0 radical (unpaired) electrons. The number of hydrogen-bond donors (Lipinski definition) is 1. The highest BCUT2D eigenvalue weighted by atomic mass is 32.1. The van der Waals surface area contributed by atoms with Crippen LogP contribution in [0, 0.1) is 13.8 Å². The predicted octanol–water partition coefficient (Wildman–Crippen LogP) is 2.67. The quantitative estimate of drug-likeness (QED) is 0.792. The van der Waals surface area contributed by atoms with Gasteiger partial charge in [0.25, 0.3) is 0 Å². The minimum Gasteiger partial charge on any atom is -0.465 e. The molecule has 1 N–H and O–H groups in total. The van der Waals surface area contributed by atoms with Crippen molar-refractivity contribution < 1.29 is 27.5 Å². The number of esters is 1. The Labute approximate surface area is 156 Å². The van der Waals surface area contributed by atoms with Crippen LogP contribution in [0.15, 0.2) is 0 Å². The third-order valence-corrected chi connectivity index (χ3v) is 5.42. The first-order valence-electron chi connectivity index (χ1n) is 8.09. The number of ether oxygens (including phenoxy) is 1. The summed E-state index contributed by atoms with van der Waals surface area (Å²) >= 11 is 1.14. The average Bonchev–Trinajstić information content (AvgIpc) is 3.07. The van der Waals surface area contributed by atoms with Crippen LogP contribution in [0.5, 0.6) is 0 Å². The fourth-order valence-electron chi connectivity index (χ4n) is 3.05. The second-order valence-electron chi connectivity index (χ2n) is 6.21. The Balaban J connectivity index is 1.92. The van der Waals surface area contributed by atoms with Crippen molar-refractivity contribution >= 4 is 39.2 Å². The van der Waals surface area contributed by atoms with E-state index in [1.54, 1.807) is 13.8 Å². The van der Waals surface area contributed by atoms with Crippen molar-refractivity contribution in [2.45, 2.75) is 32.5 Å². The lowest BCUT2D eigenvalue weighted by molar-refractivity contribution is -0.157. The number of likely N-dealkylation sites (tertiary alicyclic amines) is 1. The third-order valence-electron chi connectivity index (χ3n) is 4.25. The number of thiophene rings is 1. The van der Waals surface area contributed by atoms with Crippen LogP contribution in [0.2, 0.25) is 0 Å². The predicted molar refractivity (Wildman–Crippen MR) is 92.9 cm³/mol. The summed E-state index contributed by atoms with van der Waals surface area (Å²) in [6.07, 6.45) is -4.21. The number of alkyl halides is 3. The van der Waals surface area contributed by atoms with Crippen LogP contribution >= 0.6 is 11.3 Å². The standard InChI is InChI=1S/C16H17F3N4O3S/c1-7-10-12(20-8(2)21-13(10)27-11(7)15(25)26-3)22-9-4-5-23(14(9)24)6-16(17,18)19/h9H,4-6H2,1-3H3,(H,20,21,22). The van der Waals surface area contributed by atoms with E-state index in [9.17, 15) is 22.8 Å². The molecule has 1 amide bonds. The minimum absolute atomic E-state index is 0.0131. The van der Waals surface area contributed by atoms with Gasteiger partial charge in [-0.15, -0.1) is 11.3 Å². The maximum atomic E-state index is 12.6. The van der Waals surface area contributed by atoms with Crippen molar-refractivity contribution in [1.82, 2.24) is 14.9 Å². The monoisotopic (exact) mass is 402 g/mol. The van der Waals surface area contributed by atoms with Crippen LogP contribution in [0.4, 0.5) is 19.0 Å². The summed E-state index contributed by atoms with van der Waals surface area (Å²) in [7, 11) is 1.27. The number of nitrogens with one attached hydrogen (secondary N) is 1. The second-order valence-corrected chi connectivity index (χ2v) is 7.21. The van der Waals surface area contributed by atoms with Gasteiger partial charge in [0.2, 0.25) is 5.91 Å². The van der Waals surface area contributed by atoms with Gasteiger partial charge in [-0.2, -0.15) is 13.2 Å². The molecule has 7 nitrogen and oxygen atoms in total. The molecule has 2 aromatic heterocycles. The molecule has 0 bridgehead atoms. The van der Waals surface area contributed by atoms with E-state index in [-0.39, 0.29) is 13.0 Å². The van der Waals surface area contributed by atoms with E-state index in [1.807, 2.05) is 0 Å². The van der Waals surface area contributed by atoms with Crippen molar-refractivity contribution in [2.24, 2.45) is 0 Å². The fourth-order valence-corrected chi connectivity index (χ4v) is 4.19. The Bertz CT molecular complexity index is 912. The Morgan fingerprint density at radius 3 is 2.70 bits per heavy atom. The van der Waals surface area contributed by atoms with E-state index < -0.39 is 30.6 Å². The molecule has 0 spiro atoms. The number of halogens is 3. The van der Waals surface area contributed by atoms with Gasteiger partial charge in [0, 0.05) is 6.54 Å². The number of hydrogen-bond acceptors (Lipinski definition) is 7. The molecule has 11 heteroatoms. The van der Waals surface area contributed by atoms with Gasteiger partial charge in [-0.25, -0.2) is 14.8 Å². The number of carbonyl (C=O) groups excluding carboxylic acids is 2. The highest BCUT2D eigenvalue weighted by Crippen LogP contribution is 2.35. The van der Waals surface area contributed by atoms with E-state index in [1.165, 1.54) is 7.11 Å². The Kier molecular flexibility index (Phi) is 4.98. The third kappa shape index (κ3) is 3.82. The van der Waals surface area contributed by atoms with Crippen molar-refractivity contribution in [3.63, 3.8) is 0 Å². The molecule has 2 aromatic rings. The summed E-state index contributed by atoms with van der Waals surface area (Å²) in [5.74, 6) is -0.390. The first-order chi connectivity index (χ1) is 12.6. The molecule has 1 aliphatic heterocycles. The summed E-state index contributed by atoms with van der Waals surface area (Å²) in [5.41, 5.74) is 0.599. The van der Waals surface area contributed by atoms with E-state index in [0.29, 0.717) is 32.3 Å². The van der Waals surface area contributed by atoms with E-state index in [0.717, 1.165) is 16.2 Å². The van der Waals surface area contributed by atoms with Gasteiger partial charge in [-0.1, -0.05) is 0 Å². The van der Waals surface area contributed by atoms with Crippen LogP contribution in [-0.4, -0.2) is 59.2 Å². The van der Waals surface area contributed by atoms with Gasteiger partial charge >= 0.3 is 12.1 Å². The van der Waals surface area contributed by atoms with Gasteiger partial charge in [-0.3, -0.25) is 4.79 Å². The molecule has 3 heterocycles. The summed E-state index contributed by atoms with van der Waals surface area (Å²) in [4.78, 5) is 34.5. The van der Waals surface area contributed by atoms with E-state index in [4.69, 9.17) is 4.74 Å². The Morgan fingerprint density at radius 1 is 1.37 bits per heavy atom. The van der Waals surface area contributed by atoms with Crippen molar-refractivity contribution in [3.8, 4) is 0 Å². The number of aryl methyl sites for hydroxylation is 2. The second kappa shape index (κ2) is 6.95. The lowest BCUT2D eigenvalue weighted by Crippen LogP contribution is -2.39. The molecule has 146 valence electrons. The number of rotatable bonds is 4. The normalized spacial score (nSPS) is 17.6. The molecule has 0 aliphatic carbocycles. The lowest BCUT2D eigenvalue weighted by Gasteiger charge is -2.19.